The minimum absolute atomic E-state index is 0.229. The summed E-state index contributed by atoms with van der Waals surface area (Å²) in [6.07, 6.45) is 0.864. The second-order valence-corrected chi connectivity index (χ2v) is 4.38. The van der Waals surface area contributed by atoms with Gasteiger partial charge in [0, 0.05) is 17.8 Å². The van der Waals surface area contributed by atoms with Crippen molar-refractivity contribution in [2.75, 3.05) is 13.2 Å². The second-order valence-electron chi connectivity index (χ2n) is 4.38. The Morgan fingerprint density at radius 2 is 2.05 bits per heavy atom. The van der Waals surface area contributed by atoms with Crippen molar-refractivity contribution < 1.29 is 19.2 Å². The smallest absolute Gasteiger partial charge is 0.316 e. The van der Waals surface area contributed by atoms with Crippen LogP contribution in [0.15, 0.2) is 30.3 Å². The highest BCUT2D eigenvalue weighted by Gasteiger charge is 2.54. The lowest BCUT2D eigenvalue weighted by Gasteiger charge is -2.06. The van der Waals surface area contributed by atoms with Gasteiger partial charge in [0.2, 0.25) is 6.04 Å². The number of hydrogen-bond acceptors (Lipinski definition) is 5. The molecule has 19 heavy (non-hydrogen) atoms. The molecule has 6 nitrogen and oxygen atoms in total. The summed E-state index contributed by atoms with van der Waals surface area (Å²) in [7, 11) is 0. The lowest BCUT2D eigenvalue weighted by Crippen LogP contribution is -2.15. The van der Waals surface area contributed by atoms with Gasteiger partial charge in [-0.05, 0) is 12.1 Å². The molecule has 0 spiro atoms. The van der Waals surface area contributed by atoms with Gasteiger partial charge in [0.15, 0.2) is 0 Å². The molecule has 102 valence electrons. The van der Waals surface area contributed by atoms with Gasteiger partial charge in [-0.1, -0.05) is 18.2 Å². The third kappa shape index (κ3) is 3.94. The van der Waals surface area contributed by atoms with Crippen LogP contribution in [-0.2, 0) is 9.53 Å². The highest BCUT2D eigenvalue weighted by Crippen LogP contribution is 2.34. The number of nitro groups is 1. The van der Waals surface area contributed by atoms with E-state index in [0.717, 1.165) is 5.75 Å². The molecule has 0 N–H and O–H groups in total. The number of rotatable bonds is 7. The van der Waals surface area contributed by atoms with Crippen molar-refractivity contribution in [3.63, 3.8) is 0 Å². The number of ether oxygens (including phenoxy) is 2. The fraction of sp³-hybridized carbons (Fsp3) is 0.462. The summed E-state index contributed by atoms with van der Waals surface area (Å²) >= 11 is 0. The molecular formula is C13H15NO5. The largest absolute Gasteiger partial charge is 0.493 e. The average Bonchev–Trinajstić information content (AvgIpc) is 3.20. The summed E-state index contributed by atoms with van der Waals surface area (Å²) in [6.45, 7) is 0.674. The molecule has 1 fully saturated rings. The first-order chi connectivity index (χ1) is 9.18. The number of benzene rings is 1. The van der Waals surface area contributed by atoms with Crippen molar-refractivity contribution >= 4 is 5.97 Å². The summed E-state index contributed by atoms with van der Waals surface area (Å²) in [4.78, 5) is 21.3. The predicted molar refractivity (Wildman–Crippen MR) is 66.4 cm³/mol. The molecule has 0 heterocycles. The number of esters is 1. The lowest BCUT2D eigenvalue weighted by atomic mass is 10.3. The first-order valence-corrected chi connectivity index (χ1v) is 6.16. The van der Waals surface area contributed by atoms with E-state index in [1.807, 2.05) is 30.3 Å². The second kappa shape index (κ2) is 6.17. The van der Waals surface area contributed by atoms with Crippen LogP contribution in [0.5, 0.6) is 5.75 Å². The van der Waals surface area contributed by atoms with E-state index >= 15 is 0 Å². The molecule has 0 bridgehead atoms. The van der Waals surface area contributed by atoms with Gasteiger partial charge in [-0.2, -0.15) is 0 Å². The van der Waals surface area contributed by atoms with Gasteiger partial charge >= 0.3 is 5.97 Å². The Hall–Kier alpha value is -2.11. The minimum atomic E-state index is -0.743. The Kier molecular flexibility index (Phi) is 4.33. The number of nitrogens with zero attached hydrogens (tertiary/aromatic N) is 1. The zero-order valence-electron chi connectivity index (χ0n) is 10.4. The molecule has 0 aromatic heterocycles. The molecular weight excluding hydrogens is 250 g/mol. The molecule has 2 atom stereocenters. The molecule has 0 amide bonds. The van der Waals surface area contributed by atoms with E-state index in [0.29, 0.717) is 19.4 Å². The number of para-hydroxylation sites is 1. The maximum absolute atomic E-state index is 11.4. The van der Waals surface area contributed by atoms with Crippen LogP contribution in [-0.4, -0.2) is 30.1 Å². The zero-order valence-corrected chi connectivity index (χ0v) is 10.4. The van der Waals surface area contributed by atoms with Crippen LogP contribution in [0, 0.1) is 16.0 Å². The van der Waals surface area contributed by atoms with Crippen LogP contribution in [0.3, 0.4) is 0 Å². The summed E-state index contributed by atoms with van der Waals surface area (Å²) in [6, 6.07) is 8.60. The van der Waals surface area contributed by atoms with Gasteiger partial charge < -0.3 is 9.47 Å². The van der Waals surface area contributed by atoms with Gasteiger partial charge in [-0.25, -0.2) is 0 Å². The third-order valence-corrected chi connectivity index (χ3v) is 2.88. The Morgan fingerprint density at radius 3 is 2.68 bits per heavy atom. The standard InChI is InChI=1S/C13H15NO5/c15-13(11-9-12(11)14(16)17)19-8-4-7-18-10-5-2-1-3-6-10/h1-3,5-6,11-12H,4,7-9H2. The van der Waals surface area contributed by atoms with Crippen molar-refractivity contribution in [3.05, 3.63) is 40.4 Å². The number of carbonyl (C=O) groups excluding carboxylic acids is 1. The van der Waals surface area contributed by atoms with E-state index in [9.17, 15) is 14.9 Å². The quantitative estimate of drug-likeness (QED) is 0.324. The maximum Gasteiger partial charge on any atom is 0.316 e. The van der Waals surface area contributed by atoms with Crippen LogP contribution in [0.4, 0.5) is 0 Å². The predicted octanol–water partition coefficient (Wildman–Crippen LogP) is 1.66. The van der Waals surface area contributed by atoms with Gasteiger partial charge in [-0.15, -0.1) is 0 Å². The Balaban J connectivity index is 1.55. The Labute approximate surface area is 110 Å². The zero-order chi connectivity index (χ0) is 13.7. The normalized spacial score (nSPS) is 20.6. The van der Waals surface area contributed by atoms with Crippen LogP contribution in [0.25, 0.3) is 0 Å². The van der Waals surface area contributed by atoms with Crippen molar-refractivity contribution in [1.82, 2.24) is 0 Å². The van der Waals surface area contributed by atoms with Crippen LogP contribution < -0.4 is 4.74 Å². The van der Waals surface area contributed by atoms with E-state index in [2.05, 4.69) is 0 Å². The average molecular weight is 265 g/mol. The molecule has 0 radical (unpaired) electrons. The monoisotopic (exact) mass is 265 g/mol. The maximum atomic E-state index is 11.4. The SMILES string of the molecule is O=C(OCCCOc1ccccc1)C1CC1[N+](=O)[O-]. The molecule has 0 saturated heterocycles. The fourth-order valence-electron chi connectivity index (χ4n) is 1.71. The molecule has 0 aliphatic heterocycles. The summed E-state index contributed by atoms with van der Waals surface area (Å²) < 4.78 is 10.4. The Bertz CT molecular complexity index is 448. The van der Waals surface area contributed by atoms with Gasteiger partial charge in [0.05, 0.1) is 13.2 Å². The van der Waals surface area contributed by atoms with Crippen LogP contribution in [0.2, 0.25) is 0 Å². The highest BCUT2D eigenvalue weighted by atomic mass is 16.6. The van der Waals surface area contributed by atoms with Crippen molar-refractivity contribution in [1.29, 1.82) is 0 Å². The minimum Gasteiger partial charge on any atom is -0.493 e. The van der Waals surface area contributed by atoms with Crippen LogP contribution >= 0.6 is 0 Å². The molecule has 1 aromatic carbocycles. The summed E-state index contributed by atoms with van der Waals surface area (Å²) in [5, 5.41) is 10.4. The third-order valence-electron chi connectivity index (χ3n) is 2.88. The lowest BCUT2D eigenvalue weighted by molar-refractivity contribution is -0.497. The fourth-order valence-corrected chi connectivity index (χ4v) is 1.71. The van der Waals surface area contributed by atoms with E-state index in [4.69, 9.17) is 9.47 Å². The molecule has 6 heteroatoms. The highest BCUT2D eigenvalue weighted by molar-refractivity contribution is 5.76. The molecule has 1 saturated carbocycles. The van der Waals surface area contributed by atoms with Gasteiger partial charge in [-0.3, -0.25) is 14.9 Å². The van der Waals surface area contributed by atoms with Gasteiger partial charge in [0.25, 0.3) is 0 Å². The summed E-state index contributed by atoms with van der Waals surface area (Å²) in [5.41, 5.74) is 0. The van der Waals surface area contributed by atoms with Gasteiger partial charge in [0.1, 0.15) is 11.7 Å². The van der Waals surface area contributed by atoms with E-state index < -0.39 is 22.9 Å². The van der Waals surface area contributed by atoms with E-state index in [-0.39, 0.29) is 6.61 Å². The molecule has 1 aromatic rings. The molecule has 2 unspecified atom stereocenters. The summed E-state index contributed by atoms with van der Waals surface area (Å²) in [5.74, 6) is -0.254. The first kappa shape index (κ1) is 13.3. The first-order valence-electron chi connectivity index (χ1n) is 6.16. The van der Waals surface area contributed by atoms with E-state index in [1.54, 1.807) is 0 Å². The van der Waals surface area contributed by atoms with Crippen molar-refractivity contribution in [2.45, 2.75) is 18.9 Å². The molecule has 1 aliphatic carbocycles. The Morgan fingerprint density at radius 1 is 1.32 bits per heavy atom. The van der Waals surface area contributed by atoms with Crippen LogP contribution in [0.1, 0.15) is 12.8 Å². The number of carbonyl (C=O) groups is 1. The van der Waals surface area contributed by atoms with E-state index in [1.165, 1.54) is 0 Å². The van der Waals surface area contributed by atoms with Crippen molar-refractivity contribution in [2.24, 2.45) is 5.92 Å². The molecule has 2 rings (SSSR count). The topological polar surface area (TPSA) is 78.7 Å². The molecule has 1 aliphatic rings. The van der Waals surface area contributed by atoms with Crippen molar-refractivity contribution in [3.8, 4) is 5.75 Å². The number of hydrogen-bond donors (Lipinski definition) is 0.